The smallest absolute Gasteiger partial charge is 0.217 e. The molecular weight excluding hydrogens is 298 g/mol. The third kappa shape index (κ3) is 4.42. The Balaban J connectivity index is 1.79. The molecule has 0 aliphatic carbocycles. The number of rotatable bonds is 5. The molecule has 2 atom stereocenters. The number of hydrogen-bond acceptors (Lipinski definition) is 3. The highest BCUT2D eigenvalue weighted by atomic mass is 16.1. The zero-order valence-corrected chi connectivity index (χ0v) is 14.2. The molecule has 1 fully saturated rings. The van der Waals surface area contributed by atoms with Crippen molar-refractivity contribution in [3.05, 3.63) is 66.0 Å². The van der Waals surface area contributed by atoms with E-state index in [9.17, 15) is 4.79 Å². The quantitative estimate of drug-likeness (QED) is 0.920. The van der Waals surface area contributed by atoms with Gasteiger partial charge in [0.25, 0.3) is 0 Å². The van der Waals surface area contributed by atoms with Crippen LogP contribution in [0.4, 0.5) is 0 Å². The van der Waals surface area contributed by atoms with Gasteiger partial charge in [0, 0.05) is 37.9 Å². The summed E-state index contributed by atoms with van der Waals surface area (Å²) in [5, 5.41) is 3.17. The number of nitrogens with zero attached hydrogens (tertiary/aromatic N) is 2. The van der Waals surface area contributed by atoms with Crippen LogP contribution in [0.1, 0.15) is 30.9 Å². The molecule has 2 heterocycles. The summed E-state index contributed by atoms with van der Waals surface area (Å²) in [7, 11) is 0. The third-order valence-corrected chi connectivity index (χ3v) is 4.71. The summed E-state index contributed by atoms with van der Waals surface area (Å²) in [6.45, 7) is 3.58. The molecule has 1 N–H and O–H groups in total. The number of likely N-dealkylation sites (tertiary alicyclic amines) is 1. The lowest BCUT2D eigenvalue weighted by atomic mass is 9.90. The second-order valence-electron chi connectivity index (χ2n) is 6.53. The first-order valence-corrected chi connectivity index (χ1v) is 8.66. The van der Waals surface area contributed by atoms with E-state index < -0.39 is 0 Å². The normalized spacial score (nSPS) is 21.4. The molecule has 4 nitrogen and oxygen atoms in total. The van der Waals surface area contributed by atoms with Gasteiger partial charge in [0.05, 0.1) is 0 Å². The fourth-order valence-corrected chi connectivity index (χ4v) is 3.60. The second-order valence-corrected chi connectivity index (χ2v) is 6.53. The van der Waals surface area contributed by atoms with Gasteiger partial charge in [0.1, 0.15) is 0 Å². The molecule has 1 aliphatic heterocycles. The van der Waals surface area contributed by atoms with Crippen LogP contribution in [0, 0.1) is 0 Å². The van der Waals surface area contributed by atoms with E-state index in [1.54, 1.807) is 6.92 Å². The molecule has 2 aromatic rings. The van der Waals surface area contributed by atoms with Crippen molar-refractivity contribution in [3.8, 4) is 0 Å². The standard InChI is InChI=1S/C20H25N3O/c1-16(24)22-19-8-5-13-23(15-18-9-11-21-12-10-18)20(19)14-17-6-3-2-4-7-17/h2-4,6-7,9-12,19-20H,5,8,13-15H2,1H3,(H,22,24)/t19-,20-/m0/s1. The molecule has 4 heteroatoms. The summed E-state index contributed by atoms with van der Waals surface area (Å²) in [5.74, 6) is 0.0591. The first kappa shape index (κ1) is 16.7. The molecule has 1 amide bonds. The van der Waals surface area contributed by atoms with Crippen molar-refractivity contribution in [2.45, 2.75) is 44.8 Å². The molecule has 24 heavy (non-hydrogen) atoms. The Hall–Kier alpha value is -2.20. The van der Waals surface area contributed by atoms with E-state index in [4.69, 9.17) is 0 Å². The molecule has 0 saturated carbocycles. The molecule has 0 spiro atoms. The first-order chi connectivity index (χ1) is 11.7. The average Bonchev–Trinajstić information content (AvgIpc) is 2.59. The maximum Gasteiger partial charge on any atom is 0.217 e. The van der Waals surface area contributed by atoms with E-state index in [1.165, 1.54) is 11.1 Å². The molecule has 1 aromatic heterocycles. The van der Waals surface area contributed by atoms with Gasteiger partial charge in [-0.15, -0.1) is 0 Å². The molecule has 126 valence electrons. The average molecular weight is 323 g/mol. The van der Waals surface area contributed by atoms with Crippen molar-refractivity contribution < 1.29 is 4.79 Å². The molecule has 1 aromatic carbocycles. The number of piperidine rings is 1. The lowest BCUT2D eigenvalue weighted by Gasteiger charge is -2.42. The Morgan fingerprint density at radius 2 is 1.92 bits per heavy atom. The van der Waals surface area contributed by atoms with Gasteiger partial charge >= 0.3 is 0 Å². The Labute approximate surface area is 143 Å². The lowest BCUT2D eigenvalue weighted by Crippen LogP contribution is -2.55. The van der Waals surface area contributed by atoms with Crippen molar-refractivity contribution in [2.75, 3.05) is 6.54 Å². The third-order valence-electron chi connectivity index (χ3n) is 4.71. The van der Waals surface area contributed by atoms with Crippen LogP contribution in [0.25, 0.3) is 0 Å². The predicted octanol–water partition coefficient (Wildman–Crippen LogP) is 2.79. The van der Waals surface area contributed by atoms with E-state index in [1.807, 2.05) is 18.5 Å². The van der Waals surface area contributed by atoms with E-state index in [2.05, 4.69) is 51.6 Å². The van der Waals surface area contributed by atoms with Crippen LogP contribution in [-0.4, -0.2) is 34.4 Å². The van der Waals surface area contributed by atoms with E-state index in [0.717, 1.165) is 32.4 Å². The van der Waals surface area contributed by atoms with Crippen LogP contribution < -0.4 is 5.32 Å². The number of amides is 1. The maximum absolute atomic E-state index is 11.6. The SMILES string of the molecule is CC(=O)N[C@H]1CCCN(Cc2ccncc2)[C@H]1Cc1ccccc1. The van der Waals surface area contributed by atoms with Crippen LogP contribution in [0.15, 0.2) is 54.9 Å². The minimum atomic E-state index is 0.0591. The maximum atomic E-state index is 11.6. The topological polar surface area (TPSA) is 45.2 Å². The van der Waals surface area contributed by atoms with E-state index >= 15 is 0 Å². The van der Waals surface area contributed by atoms with Crippen LogP contribution in [0.3, 0.4) is 0 Å². The van der Waals surface area contributed by atoms with Gasteiger partial charge in [-0.2, -0.15) is 0 Å². The highest BCUT2D eigenvalue weighted by molar-refractivity contribution is 5.73. The highest BCUT2D eigenvalue weighted by Crippen LogP contribution is 2.23. The van der Waals surface area contributed by atoms with Gasteiger partial charge in [-0.25, -0.2) is 0 Å². The van der Waals surface area contributed by atoms with Crippen LogP contribution >= 0.6 is 0 Å². The molecular formula is C20H25N3O. The summed E-state index contributed by atoms with van der Waals surface area (Å²) in [6.07, 6.45) is 6.80. The number of hydrogen-bond donors (Lipinski definition) is 1. The van der Waals surface area contributed by atoms with Crippen LogP contribution in [-0.2, 0) is 17.8 Å². The molecule has 1 saturated heterocycles. The van der Waals surface area contributed by atoms with Gasteiger partial charge in [-0.1, -0.05) is 30.3 Å². The van der Waals surface area contributed by atoms with E-state index in [-0.39, 0.29) is 11.9 Å². The van der Waals surface area contributed by atoms with Crippen molar-refractivity contribution >= 4 is 5.91 Å². The monoisotopic (exact) mass is 323 g/mol. The second kappa shape index (κ2) is 8.06. The number of nitrogens with one attached hydrogen (secondary N) is 1. The zero-order valence-electron chi connectivity index (χ0n) is 14.2. The van der Waals surface area contributed by atoms with Gasteiger partial charge in [0.15, 0.2) is 0 Å². The number of aromatic nitrogens is 1. The molecule has 0 bridgehead atoms. The predicted molar refractivity (Wildman–Crippen MR) is 95.4 cm³/mol. The minimum Gasteiger partial charge on any atom is -0.352 e. The van der Waals surface area contributed by atoms with E-state index in [0.29, 0.717) is 6.04 Å². The first-order valence-electron chi connectivity index (χ1n) is 8.66. The summed E-state index contributed by atoms with van der Waals surface area (Å²) < 4.78 is 0. The van der Waals surface area contributed by atoms with Gasteiger partial charge < -0.3 is 5.32 Å². The Kier molecular flexibility index (Phi) is 5.59. The zero-order chi connectivity index (χ0) is 16.8. The van der Waals surface area contributed by atoms with Gasteiger partial charge in [-0.3, -0.25) is 14.7 Å². The molecule has 1 aliphatic rings. The molecule has 0 unspecified atom stereocenters. The fourth-order valence-electron chi connectivity index (χ4n) is 3.60. The van der Waals surface area contributed by atoms with Gasteiger partial charge in [-0.05, 0) is 49.1 Å². The summed E-state index contributed by atoms with van der Waals surface area (Å²) in [6, 6.07) is 15.2. The summed E-state index contributed by atoms with van der Waals surface area (Å²) in [5.41, 5.74) is 2.59. The fraction of sp³-hybridized carbons (Fsp3) is 0.400. The van der Waals surface area contributed by atoms with Crippen molar-refractivity contribution in [1.29, 1.82) is 0 Å². The van der Waals surface area contributed by atoms with Gasteiger partial charge in [0.2, 0.25) is 5.91 Å². The Morgan fingerprint density at radius 1 is 1.17 bits per heavy atom. The Morgan fingerprint density at radius 3 is 2.62 bits per heavy atom. The minimum absolute atomic E-state index is 0.0591. The number of benzene rings is 1. The summed E-state index contributed by atoms with van der Waals surface area (Å²) >= 11 is 0. The number of carbonyl (C=O) groups excluding carboxylic acids is 1. The van der Waals surface area contributed by atoms with Crippen LogP contribution in [0.2, 0.25) is 0 Å². The van der Waals surface area contributed by atoms with Crippen molar-refractivity contribution in [2.24, 2.45) is 0 Å². The molecule has 3 rings (SSSR count). The molecule has 0 radical (unpaired) electrons. The number of carbonyl (C=O) groups is 1. The van der Waals surface area contributed by atoms with Crippen LogP contribution in [0.5, 0.6) is 0 Å². The largest absolute Gasteiger partial charge is 0.352 e. The number of pyridine rings is 1. The highest BCUT2D eigenvalue weighted by Gasteiger charge is 2.31. The van der Waals surface area contributed by atoms with Crippen molar-refractivity contribution in [1.82, 2.24) is 15.2 Å². The Bertz CT molecular complexity index is 644. The lowest BCUT2D eigenvalue weighted by molar-refractivity contribution is -0.120. The summed E-state index contributed by atoms with van der Waals surface area (Å²) in [4.78, 5) is 18.2. The van der Waals surface area contributed by atoms with Crippen molar-refractivity contribution in [3.63, 3.8) is 0 Å².